The Morgan fingerprint density at radius 2 is 2.22 bits per heavy atom. The van der Waals surface area contributed by atoms with Gasteiger partial charge in [-0.05, 0) is 25.5 Å². The van der Waals surface area contributed by atoms with Gasteiger partial charge >= 0.3 is 0 Å². The van der Waals surface area contributed by atoms with Gasteiger partial charge in [-0.1, -0.05) is 6.92 Å². The molecule has 0 bridgehead atoms. The maximum atomic E-state index is 13.1. The fourth-order valence-corrected chi connectivity index (χ4v) is 1.46. The van der Waals surface area contributed by atoms with Crippen molar-refractivity contribution in [3.05, 3.63) is 24.0 Å². The second kappa shape index (κ2) is 6.96. The molecule has 100 valence electrons. The molecule has 0 heterocycles. The van der Waals surface area contributed by atoms with Crippen LogP contribution in [0.1, 0.15) is 26.7 Å². The molecule has 0 fully saturated rings. The summed E-state index contributed by atoms with van der Waals surface area (Å²) in [6.45, 7) is 4.12. The molecule has 1 amide bonds. The molecule has 0 aliphatic heterocycles. The Kier molecular flexibility index (Phi) is 5.58. The van der Waals surface area contributed by atoms with E-state index in [-0.39, 0.29) is 18.4 Å². The number of anilines is 1. The number of benzene rings is 1. The Morgan fingerprint density at radius 1 is 1.50 bits per heavy atom. The zero-order chi connectivity index (χ0) is 13.5. The number of hydrogen-bond acceptors (Lipinski definition) is 3. The quantitative estimate of drug-likeness (QED) is 0.818. The summed E-state index contributed by atoms with van der Waals surface area (Å²) in [5, 5.41) is 2.68. The molecule has 0 saturated carbocycles. The molecule has 0 saturated heterocycles. The van der Waals surface area contributed by atoms with E-state index in [1.807, 2.05) is 6.92 Å². The van der Waals surface area contributed by atoms with E-state index in [4.69, 9.17) is 10.5 Å². The van der Waals surface area contributed by atoms with Gasteiger partial charge in [0.25, 0.3) is 0 Å². The van der Waals surface area contributed by atoms with Crippen molar-refractivity contribution in [2.24, 2.45) is 5.73 Å². The van der Waals surface area contributed by atoms with E-state index < -0.39 is 5.82 Å². The van der Waals surface area contributed by atoms with Crippen LogP contribution >= 0.6 is 0 Å². The highest BCUT2D eigenvalue weighted by Crippen LogP contribution is 2.25. The van der Waals surface area contributed by atoms with Crippen LogP contribution in [-0.2, 0) is 4.79 Å². The summed E-state index contributed by atoms with van der Waals surface area (Å²) in [4.78, 5) is 11.7. The molecular weight excluding hydrogens is 235 g/mol. The van der Waals surface area contributed by atoms with E-state index in [2.05, 4.69) is 5.32 Å². The predicted octanol–water partition coefficient (Wildman–Crippen LogP) is 2.29. The number of rotatable bonds is 6. The zero-order valence-corrected chi connectivity index (χ0v) is 10.7. The van der Waals surface area contributed by atoms with Crippen molar-refractivity contribution in [2.75, 3.05) is 11.9 Å². The first kappa shape index (κ1) is 14.4. The van der Waals surface area contributed by atoms with Crippen LogP contribution < -0.4 is 15.8 Å². The molecule has 1 unspecified atom stereocenters. The molecule has 18 heavy (non-hydrogen) atoms. The third kappa shape index (κ3) is 4.33. The van der Waals surface area contributed by atoms with Crippen molar-refractivity contribution < 1.29 is 13.9 Å². The minimum Gasteiger partial charge on any atom is -0.492 e. The topological polar surface area (TPSA) is 64.3 Å². The second-order valence-electron chi connectivity index (χ2n) is 3.99. The fraction of sp³-hybridized carbons (Fsp3) is 0.462. The molecule has 0 aliphatic carbocycles. The highest BCUT2D eigenvalue weighted by molar-refractivity contribution is 5.92. The number of hydrogen-bond donors (Lipinski definition) is 2. The van der Waals surface area contributed by atoms with E-state index in [9.17, 15) is 9.18 Å². The van der Waals surface area contributed by atoms with Crippen LogP contribution in [0.5, 0.6) is 5.75 Å². The number of ether oxygens (including phenoxy) is 1. The zero-order valence-electron chi connectivity index (χ0n) is 10.7. The van der Waals surface area contributed by atoms with Crippen molar-refractivity contribution in [2.45, 2.75) is 32.7 Å². The Morgan fingerprint density at radius 3 is 2.83 bits per heavy atom. The maximum absolute atomic E-state index is 13.1. The average molecular weight is 254 g/mol. The first-order valence-electron chi connectivity index (χ1n) is 6.04. The number of carbonyl (C=O) groups excluding carboxylic acids is 1. The van der Waals surface area contributed by atoms with Crippen LogP contribution in [-0.4, -0.2) is 18.6 Å². The molecule has 0 radical (unpaired) electrons. The molecule has 1 atom stereocenters. The number of nitrogens with two attached hydrogens (primary N) is 1. The monoisotopic (exact) mass is 254 g/mol. The van der Waals surface area contributed by atoms with Crippen LogP contribution in [0.25, 0.3) is 0 Å². The molecule has 3 N–H and O–H groups in total. The summed E-state index contributed by atoms with van der Waals surface area (Å²) >= 11 is 0. The number of amides is 1. The standard InChI is InChI=1S/C13H19FN2O2/c1-3-10(15)8-13(17)16-11-6-5-9(14)7-12(11)18-4-2/h5-7,10H,3-4,8,15H2,1-2H3,(H,16,17). The van der Waals surface area contributed by atoms with Crippen LogP contribution in [0.15, 0.2) is 18.2 Å². The Labute approximate surface area is 106 Å². The summed E-state index contributed by atoms with van der Waals surface area (Å²) < 4.78 is 18.3. The van der Waals surface area contributed by atoms with E-state index in [1.54, 1.807) is 6.92 Å². The average Bonchev–Trinajstić information content (AvgIpc) is 2.32. The largest absolute Gasteiger partial charge is 0.492 e. The molecule has 4 nitrogen and oxygen atoms in total. The van der Waals surface area contributed by atoms with Crippen LogP contribution in [0.4, 0.5) is 10.1 Å². The van der Waals surface area contributed by atoms with Gasteiger partial charge in [-0.15, -0.1) is 0 Å². The number of nitrogens with one attached hydrogen (secondary N) is 1. The van der Waals surface area contributed by atoms with Crippen molar-refractivity contribution in [1.29, 1.82) is 0 Å². The van der Waals surface area contributed by atoms with Gasteiger partial charge in [0.1, 0.15) is 11.6 Å². The van der Waals surface area contributed by atoms with Gasteiger partial charge in [-0.3, -0.25) is 4.79 Å². The van der Waals surface area contributed by atoms with Crippen molar-refractivity contribution in [1.82, 2.24) is 0 Å². The molecular formula is C13H19FN2O2. The maximum Gasteiger partial charge on any atom is 0.226 e. The van der Waals surface area contributed by atoms with E-state index >= 15 is 0 Å². The second-order valence-corrected chi connectivity index (χ2v) is 3.99. The first-order chi connectivity index (χ1) is 8.56. The van der Waals surface area contributed by atoms with E-state index in [1.165, 1.54) is 18.2 Å². The highest BCUT2D eigenvalue weighted by atomic mass is 19.1. The van der Waals surface area contributed by atoms with Gasteiger partial charge in [0, 0.05) is 18.5 Å². The fourth-order valence-electron chi connectivity index (χ4n) is 1.46. The molecule has 1 aromatic carbocycles. The summed E-state index contributed by atoms with van der Waals surface area (Å²) in [6.07, 6.45) is 0.967. The minimum absolute atomic E-state index is 0.166. The van der Waals surface area contributed by atoms with Gasteiger partial charge < -0.3 is 15.8 Å². The summed E-state index contributed by atoms with van der Waals surface area (Å²) in [7, 11) is 0. The summed E-state index contributed by atoms with van der Waals surface area (Å²) in [5.74, 6) is -0.269. The number of halogens is 1. The normalized spacial score (nSPS) is 12.0. The lowest BCUT2D eigenvalue weighted by molar-refractivity contribution is -0.116. The van der Waals surface area contributed by atoms with Crippen LogP contribution in [0.2, 0.25) is 0 Å². The van der Waals surface area contributed by atoms with Crippen molar-refractivity contribution in [3.63, 3.8) is 0 Å². The first-order valence-corrected chi connectivity index (χ1v) is 6.04. The lowest BCUT2D eigenvalue weighted by atomic mass is 10.1. The third-order valence-electron chi connectivity index (χ3n) is 2.49. The van der Waals surface area contributed by atoms with Gasteiger partial charge in [-0.25, -0.2) is 4.39 Å². The van der Waals surface area contributed by atoms with E-state index in [0.717, 1.165) is 6.42 Å². The summed E-state index contributed by atoms with van der Waals surface area (Å²) in [5.41, 5.74) is 6.16. The van der Waals surface area contributed by atoms with Gasteiger partial charge in [0.2, 0.25) is 5.91 Å². The molecule has 0 aliphatic rings. The van der Waals surface area contributed by atoms with Gasteiger partial charge in [0.05, 0.1) is 12.3 Å². The summed E-state index contributed by atoms with van der Waals surface area (Å²) in [6, 6.07) is 3.84. The van der Waals surface area contributed by atoms with Crippen LogP contribution in [0, 0.1) is 5.82 Å². The Hall–Kier alpha value is -1.62. The molecule has 5 heteroatoms. The predicted molar refractivity (Wildman–Crippen MR) is 69.1 cm³/mol. The third-order valence-corrected chi connectivity index (χ3v) is 2.49. The molecule has 0 spiro atoms. The Bertz CT molecular complexity index is 410. The SMILES string of the molecule is CCOc1cc(F)ccc1NC(=O)CC(N)CC. The molecule has 0 aromatic heterocycles. The number of carbonyl (C=O) groups is 1. The van der Waals surface area contributed by atoms with Crippen LogP contribution in [0.3, 0.4) is 0 Å². The lowest BCUT2D eigenvalue weighted by Gasteiger charge is -2.13. The van der Waals surface area contributed by atoms with Crippen molar-refractivity contribution >= 4 is 11.6 Å². The van der Waals surface area contributed by atoms with E-state index in [0.29, 0.717) is 18.0 Å². The lowest BCUT2D eigenvalue weighted by Crippen LogP contribution is -2.26. The Balaban J connectivity index is 2.74. The molecule has 1 rings (SSSR count). The smallest absolute Gasteiger partial charge is 0.226 e. The highest BCUT2D eigenvalue weighted by Gasteiger charge is 2.11. The van der Waals surface area contributed by atoms with Gasteiger partial charge in [0.15, 0.2) is 0 Å². The van der Waals surface area contributed by atoms with Crippen molar-refractivity contribution in [3.8, 4) is 5.75 Å². The molecule has 1 aromatic rings. The minimum atomic E-state index is -0.401. The van der Waals surface area contributed by atoms with Gasteiger partial charge in [-0.2, -0.15) is 0 Å².